The van der Waals surface area contributed by atoms with Gasteiger partial charge in [0.1, 0.15) is 5.01 Å². The molecule has 2 aliphatic carbocycles. The van der Waals surface area contributed by atoms with Crippen molar-refractivity contribution in [3.63, 3.8) is 0 Å². The predicted octanol–water partition coefficient (Wildman–Crippen LogP) is 2.74. The molecule has 14 heavy (non-hydrogen) atoms. The lowest BCUT2D eigenvalue weighted by Gasteiger charge is -2.33. The van der Waals surface area contributed by atoms with Crippen molar-refractivity contribution < 1.29 is 0 Å². The summed E-state index contributed by atoms with van der Waals surface area (Å²) in [7, 11) is 0. The second kappa shape index (κ2) is 3.63. The molecule has 0 bridgehead atoms. The highest BCUT2D eigenvalue weighted by molar-refractivity contribution is 7.09. The van der Waals surface area contributed by atoms with Crippen molar-refractivity contribution in [2.75, 3.05) is 0 Å². The molecule has 1 aromatic heterocycles. The molecule has 3 heteroatoms. The summed E-state index contributed by atoms with van der Waals surface area (Å²) in [6.07, 6.45) is 8.87. The average Bonchev–Trinajstić information content (AvgIpc) is 2.77. The SMILES string of the molecule is c1csc(C(NC2CC2)C2CCC2)n1. The van der Waals surface area contributed by atoms with E-state index in [0.717, 1.165) is 12.0 Å². The molecule has 1 atom stereocenters. The number of thiazole rings is 1. The van der Waals surface area contributed by atoms with Gasteiger partial charge in [-0.3, -0.25) is 0 Å². The highest BCUT2D eigenvalue weighted by Crippen LogP contribution is 2.40. The van der Waals surface area contributed by atoms with Crippen LogP contribution >= 0.6 is 11.3 Å². The molecule has 2 aliphatic rings. The zero-order valence-electron chi connectivity index (χ0n) is 8.28. The minimum absolute atomic E-state index is 0.566. The normalized spacial score (nSPS) is 24.6. The van der Waals surface area contributed by atoms with E-state index in [4.69, 9.17) is 0 Å². The lowest BCUT2D eigenvalue weighted by atomic mass is 9.80. The Morgan fingerprint density at radius 2 is 2.21 bits per heavy atom. The van der Waals surface area contributed by atoms with Gasteiger partial charge in [-0.15, -0.1) is 11.3 Å². The molecule has 0 amide bonds. The van der Waals surface area contributed by atoms with Gasteiger partial charge in [-0.2, -0.15) is 0 Å². The summed E-state index contributed by atoms with van der Waals surface area (Å²) in [6, 6.07) is 1.36. The van der Waals surface area contributed by atoms with Gasteiger partial charge in [0.2, 0.25) is 0 Å². The van der Waals surface area contributed by atoms with Crippen molar-refractivity contribution in [2.45, 2.75) is 44.2 Å². The first-order valence-electron chi connectivity index (χ1n) is 5.59. The van der Waals surface area contributed by atoms with E-state index in [1.807, 2.05) is 6.20 Å². The molecule has 0 saturated heterocycles. The topological polar surface area (TPSA) is 24.9 Å². The zero-order chi connectivity index (χ0) is 9.38. The highest BCUT2D eigenvalue weighted by Gasteiger charge is 2.34. The van der Waals surface area contributed by atoms with Crippen molar-refractivity contribution in [3.8, 4) is 0 Å². The van der Waals surface area contributed by atoms with Crippen LogP contribution in [-0.4, -0.2) is 11.0 Å². The Bertz CT molecular complexity index is 288. The summed E-state index contributed by atoms with van der Waals surface area (Å²) in [4.78, 5) is 4.46. The third-order valence-corrected chi connectivity index (χ3v) is 4.19. The van der Waals surface area contributed by atoms with Crippen LogP contribution in [0.25, 0.3) is 0 Å². The summed E-state index contributed by atoms with van der Waals surface area (Å²) >= 11 is 1.80. The molecule has 1 aromatic rings. The Hall–Kier alpha value is -0.410. The number of hydrogen-bond donors (Lipinski definition) is 1. The van der Waals surface area contributed by atoms with Crippen LogP contribution in [-0.2, 0) is 0 Å². The number of aromatic nitrogens is 1. The van der Waals surface area contributed by atoms with Crippen LogP contribution in [0, 0.1) is 5.92 Å². The summed E-state index contributed by atoms with van der Waals surface area (Å²) < 4.78 is 0. The third kappa shape index (κ3) is 1.71. The number of rotatable bonds is 4. The van der Waals surface area contributed by atoms with Crippen molar-refractivity contribution >= 4 is 11.3 Å². The standard InChI is InChI=1S/C11H16N2S/c1-2-8(3-1)10(13-9-4-5-9)11-12-6-7-14-11/h6-10,13H,1-5H2. The molecule has 0 spiro atoms. The number of hydrogen-bond acceptors (Lipinski definition) is 3. The fourth-order valence-corrected chi connectivity index (χ4v) is 2.86. The van der Waals surface area contributed by atoms with Crippen molar-refractivity contribution in [1.82, 2.24) is 10.3 Å². The Morgan fingerprint density at radius 3 is 2.71 bits per heavy atom. The van der Waals surface area contributed by atoms with Crippen LogP contribution in [0.15, 0.2) is 11.6 Å². The van der Waals surface area contributed by atoms with Crippen LogP contribution in [0.4, 0.5) is 0 Å². The molecule has 0 aromatic carbocycles. The smallest absolute Gasteiger partial charge is 0.110 e. The third-order valence-electron chi connectivity index (χ3n) is 3.33. The first kappa shape index (κ1) is 8.86. The molecular formula is C11H16N2S. The van der Waals surface area contributed by atoms with E-state index in [1.54, 1.807) is 11.3 Å². The monoisotopic (exact) mass is 208 g/mol. The first-order chi connectivity index (χ1) is 6.93. The highest BCUT2D eigenvalue weighted by atomic mass is 32.1. The molecule has 1 N–H and O–H groups in total. The lowest BCUT2D eigenvalue weighted by molar-refractivity contribution is 0.229. The van der Waals surface area contributed by atoms with E-state index < -0.39 is 0 Å². The van der Waals surface area contributed by atoms with Gasteiger partial charge in [0.15, 0.2) is 0 Å². The zero-order valence-corrected chi connectivity index (χ0v) is 9.09. The lowest BCUT2D eigenvalue weighted by Crippen LogP contribution is -2.33. The molecule has 2 saturated carbocycles. The van der Waals surface area contributed by atoms with E-state index >= 15 is 0 Å². The van der Waals surface area contributed by atoms with Crippen LogP contribution in [0.1, 0.15) is 43.2 Å². The van der Waals surface area contributed by atoms with Crippen LogP contribution < -0.4 is 5.32 Å². The van der Waals surface area contributed by atoms with Crippen LogP contribution in [0.2, 0.25) is 0 Å². The maximum atomic E-state index is 4.46. The summed E-state index contributed by atoms with van der Waals surface area (Å²) in [5, 5.41) is 7.14. The van der Waals surface area contributed by atoms with Gasteiger partial charge in [-0.1, -0.05) is 6.42 Å². The average molecular weight is 208 g/mol. The van der Waals surface area contributed by atoms with Gasteiger partial charge in [-0.25, -0.2) is 4.98 Å². The Morgan fingerprint density at radius 1 is 1.36 bits per heavy atom. The van der Waals surface area contributed by atoms with Gasteiger partial charge in [0.05, 0.1) is 6.04 Å². The molecule has 76 valence electrons. The maximum absolute atomic E-state index is 4.46. The summed E-state index contributed by atoms with van der Waals surface area (Å²) in [6.45, 7) is 0. The van der Waals surface area contributed by atoms with Gasteiger partial charge in [0, 0.05) is 17.6 Å². The summed E-state index contributed by atoms with van der Waals surface area (Å²) in [5.74, 6) is 0.863. The largest absolute Gasteiger partial charge is 0.305 e. The van der Waals surface area contributed by atoms with Gasteiger partial charge in [0.25, 0.3) is 0 Å². The minimum atomic E-state index is 0.566. The molecule has 1 heterocycles. The molecule has 2 nitrogen and oxygen atoms in total. The first-order valence-corrected chi connectivity index (χ1v) is 6.47. The van der Waals surface area contributed by atoms with E-state index in [-0.39, 0.29) is 0 Å². The van der Waals surface area contributed by atoms with Crippen molar-refractivity contribution in [1.29, 1.82) is 0 Å². The Labute approximate surface area is 88.7 Å². The molecule has 3 rings (SSSR count). The molecule has 0 radical (unpaired) electrons. The second-order valence-corrected chi connectivity index (χ2v) is 5.41. The van der Waals surface area contributed by atoms with E-state index in [0.29, 0.717) is 6.04 Å². The van der Waals surface area contributed by atoms with Gasteiger partial charge in [-0.05, 0) is 31.6 Å². The minimum Gasteiger partial charge on any atom is -0.305 e. The fraction of sp³-hybridized carbons (Fsp3) is 0.727. The maximum Gasteiger partial charge on any atom is 0.110 e. The number of nitrogens with zero attached hydrogens (tertiary/aromatic N) is 1. The molecule has 1 unspecified atom stereocenters. The van der Waals surface area contributed by atoms with Crippen molar-refractivity contribution in [3.05, 3.63) is 16.6 Å². The predicted molar refractivity (Wildman–Crippen MR) is 58.4 cm³/mol. The Balaban J connectivity index is 1.72. The number of nitrogens with one attached hydrogen (secondary N) is 1. The van der Waals surface area contributed by atoms with E-state index in [2.05, 4.69) is 15.7 Å². The van der Waals surface area contributed by atoms with E-state index in [1.165, 1.54) is 37.1 Å². The Kier molecular flexibility index (Phi) is 2.30. The van der Waals surface area contributed by atoms with Crippen LogP contribution in [0.3, 0.4) is 0 Å². The van der Waals surface area contributed by atoms with Crippen LogP contribution in [0.5, 0.6) is 0 Å². The van der Waals surface area contributed by atoms with Gasteiger partial charge >= 0.3 is 0 Å². The quantitative estimate of drug-likeness (QED) is 0.823. The second-order valence-electron chi connectivity index (χ2n) is 4.48. The molecule has 2 fully saturated rings. The molecule has 0 aliphatic heterocycles. The fourth-order valence-electron chi connectivity index (χ4n) is 2.07. The van der Waals surface area contributed by atoms with E-state index in [9.17, 15) is 0 Å². The summed E-state index contributed by atoms with van der Waals surface area (Å²) in [5.41, 5.74) is 0. The van der Waals surface area contributed by atoms with Gasteiger partial charge < -0.3 is 5.32 Å². The van der Waals surface area contributed by atoms with Crippen molar-refractivity contribution in [2.24, 2.45) is 5.92 Å². The molecular weight excluding hydrogens is 192 g/mol.